The van der Waals surface area contributed by atoms with E-state index in [0.717, 1.165) is 29.1 Å². The maximum absolute atomic E-state index is 4.74. The zero-order chi connectivity index (χ0) is 14.0. The molecule has 1 aromatic rings. The second-order valence-corrected chi connectivity index (χ2v) is 8.22. The number of aliphatic imine (C=N–C) groups is 1. The predicted molar refractivity (Wildman–Crippen MR) is 88.8 cm³/mol. The van der Waals surface area contributed by atoms with Gasteiger partial charge in [-0.25, -0.2) is 4.98 Å². The Balaban J connectivity index is 1.52. The number of rotatable bonds is 3. The summed E-state index contributed by atoms with van der Waals surface area (Å²) in [7, 11) is 0. The molecular formula is C15H23N3S2. The lowest BCUT2D eigenvalue weighted by Gasteiger charge is -2.36. The lowest BCUT2D eigenvalue weighted by atomic mass is 9.78. The summed E-state index contributed by atoms with van der Waals surface area (Å²) < 4.78 is 0. The van der Waals surface area contributed by atoms with Crippen LogP contribution in [-0.2, 0) is 6.42 Å². The lowest BCUT2D eigenvalue weighted by molar-refractivity contribution is 0.242. The molecule has 1 aliphatic heterocycles. The molecule has 2 unspecified atom stereocenters. The van der Waals surface area contributed by atoms with Crippen LogP contribution in [0.25, 0.3) is 0 Å². The fourth-order valence-electron chi connectivity index (χ4n) is 3.29. The van der Waals surface area contributed by atoms with Crippen molar-refractivity contribution in [3.8, 4) is 0 Å². The molecule has 0 amide bonds. The van der Waals surface area contributed by atoms with Crippen LogP contribution in [0.2, 0.25) is 0 Å². The molecule has 0 radical (unpaired) electrons. The summed E-state index contributed by atoms with van der Waals surface area (Å²) in [6.45, 7) is 5.29. The minimum atomic E-state index is 0.346. The molecule has 110 valence electrons. The average Bonchev–Trinajstić information content (AvgIpc) is 2.97. The highest BCUT2D eigenvalue weighted by Crippen LogP contribution is 2.38. The Bertz CT molecular complexity index is 497. The topological polar surface area (TPSA) is 37.3 Å². The summed E-state index contributed by atoms with van der Waals surface area (Å²) >= 11 is 3.64. The van der Waals surface area contributed by atoms with E-state index in [0.29, 0.717) is 5.54 Å². The summed E-state index contributed by atoms with van der Waals surface area (Å²) in [5.74, 6) is 2.06. The highest BCUT2D eigenvalue weighted by molar-refractivity contribution is 8.14. The van der Waals surface area contributed by atoms with Gasteiger partial charge in [-0.2, -0.15) is 0 Å². The van der Waals surface area contributed by atoms with Gasteiger partial charge in [0, 0.05) is 29.6 Å². The quantitative estimate of drug-likeness (QED) is 0.926. The van der Waals surface area contributed by atoms with E-state index >= 15 is 0 Å². The SMILES string of the molecule is Cc1nc(CCN=C2NC3(CCCC(C)C3)CS2)cs1. The molecule has 2 heterocycles. The van der Waals surface area contributed by atoms with Crippen LogP contribution in [0.3, 0.4) is 0 Å². The van der Waals surface area contributed by atoms with E-state index in [-0.39, 0.29) is 0 Å². The van der Waals surface area contributed by atoms with Crippen LogP contribution in [0.4, 0.5) is 0 Å². The Morgan fingerprint density at radius 2 is 2.45 bits per heavy atom. The van der Waals surface area contributed by atoms with Gasteiger partial charge in [-0.05, 0) is 25.7 Å². The monoisotopic (exact) mass is 309 g/mol. The standard InChI is InChI=1S/C15H23N3S2/c1-11-4-3-6-15(8-11)10-20-14(18-15)16-7-5-13-9-19-12(2)17-13/h9,11H,3-8,10H2,1-2H3,(H,16,18). The van der Waals surface area contributed by atoms with Gasteiger partial charge in [0.25, 0.3) is 0 Å². The molecule has 3 rings (SSSR count). The molecular weight excluding hydrogens is 286 g/mol. The smallest absolute Gasteiger partial charge is 0.157 e. The van der Waals surface area contributed by atoms with Crippen molar-refractivity contribution in [3.63, 3.8) is 0 Å². The molecule has 2 aliphatic rings. The Morgan fingerprint density at radius 1 is 1.55 bits per heavy atom. The third kappa shape index (κ3) is 3.37. The molecule has 1 saturated carbocycles. The van der Waals surface area contributed by atoms with E-state index in [1.807, 2.05) is 11.8 Å². The largest absolute Gasteiger partial charge is 0.359 e. The number of nitrogens with one attached hydrogen (secondary N) is 1. The van der Waals surface area contributed by atoms with E-state index in [4.69, 9.17) is 4.99 Å². The average molecular weight is 310 g/mol. The van der Waals surface area contributed by atoms with Crippen molar-refractivity contribution in [2.75, 3.05) is 12.3 Å². The first-order valence-electron chi connectivity index (χ1n) is 7.52. The van der Waals surface area contributed by atoms with Crippen molar-refractivity contribution in [2.45, 2.75) is 51.5 Å². The summed E-state index contributed by atoms with van der Waals surface area (Å²) in [6.07, 6.45) is 6.34. The molecule has 3 nitrogen and oxygen atoms in total. The first kappa shape index (κ1) is 14.4. The van der Waals surface area contributed by atoms with E-state index in [1.165, 1.54) is 37.1 Å². The van der Waals surface area contributed by atoms with Gasteiger partial charge in [-0.3, -0.25) is 4.99 Å². The first-order chi connectivity index (χ1) is 9.65. The number of aryl methyl sites for hydroxylation is 1. The molecule has 1 saturated heterocycles. The Morgan fingerprint density at radius 3 is 3.20 bits per heavy atom. The molecule has 5 heteroatoms. The van der Waals surface area contributed by atoms with Gasteiger partial charge in [0.1, 0.15) is 0 Å². The van der Waals surface area contributed by atoms with Gasteiger partial charge in [-0.15, -0.1) is 11.3 Å². The summed E-state index contributed by atoms with van der Waals surface area (Å²) in [5, 5.41) is 8.18. The highest BCUT2D eigenvalue weighted by Gasteiger charge is 2.40. The van der Waals surface area contributed by atoms with Crippen molar-refractivity contribution in [2.24, 2.45) is 10.9 Å². The first-order valence-corrected chi connectivity index (χ1v) is 9.38. The normalized spacial score (nSPS) is 31.9. The van der Waals surface area contributed by atoms with E-state index < -0.39 is 0 Å². The molecule has 2 fully saturated rings. The molecule has 20 heavy (non-hydrogen) atoms. The molecule has 1 N–H and O–H groups in total. The van der Waals surface area contributed by atoms with E-state index in [9.17, 15) is 0 Å². The zero-order valence-corrected chi connectivity index (χ0v) is 13.9. The molecule has 0 bridgehead atoms. The third-order valence-corrected chi connectivity index (χ3v) is 6.26. The van der Waals surface area contributed by atoms with Crippen molar-refractivity contribution in [3.05, 3.63) is 16.1 Å². The van der Waals surface area contributed by atoms with Gasteiger partial charge in [-0.1, -0.05) is 31.5 Å². The number of hydrogen-bond donors (Lipinski definition) is 1. The molecule has 1 aliphatic carbocycles. The minimum absolute atomic E-state index is 0.346. The highest BCUT2D eigenvalue weighted by atomic mass is 32.2. The number of aromatic nitrogens is 1. The second-order valence-electron chi connectivity index (χ2n) is 6.19. The van der Waals surface area contributed by atoms with Crippen molar-refractivity contribution in [1.82, 2.24) is 10.3 Å². The lowest BCUT2D eigenvalue weighted by Crippen LogP contribution is -2.47. The van der Waals surface area contributed by atoms with Crippen molar-refractivity contribution >= 4 is 28.3 Å². The summed E-state index contributed by atoms with van der Waals surface area (Å²) in [4.78, 5) is 9.23. The third-order valence-electron chi connectivity index (χ3n) is 4.24. The van der Waals surface area contributed by atoms with Crippen LogP contribution in [-0.4, -0.2) is 28.0 Å². The minimum Gasteiger partial charge on any atom is -0.359 e. The van der Waals surface area contributed by atoms with E-state index in [1.54, 1.807) is 11.3 Å². The second kappa shape index (κ2) is 6.06. The number of thiazole rings is 1. The summed E-state index contributed by atoms with van der Waals surface area (Å²) in [6, 6.07) is 0. The maximum Gasteiger partial charge on any atom is 0.157 e. The van der Waals surface area contributed by atoms with Crippen molar-refractivity contribution in [1.29, 1.82) is 0 Å². The number of hydrogen-bond acceptors (Lipinski definition) is 4. The Labute approximate surface area is 129 Å². The Hall–Kier alpha value is -0.550. The zero-order valence-electron chi connectivity index (χ0n) is 12.3. The molecule has 2 atom stereocenters. The number of thioether (sulfide) groups is 1. The van der Waals surface area contributed by atoms with Crippen LogP contribution in [0.5, 0.6) is 0 Å². The fraction of sp³-hybridized carbons (Fsp3) is 0.733. The van der Waals surface area contributed by atoms with Gasteiger partial charge in [0.2, 0.25) is 0 Å². The van der Waals surface area contributed by atoms with Crippen LogP contribution in [0.15, 0.2) is 10.4 Å². The summed E-state index contributed by atoms with van der Waals surface area (Å²) in [5.41, 5.74) is 1.53. The van der Waals surface area contributed by atoms with Crippen LogP contribution < -0.4 is 5.32 Å². The van der Waals surface area contributed by atoms with Crippen LogP contribution in [0.1, 0.15) is 43.3 Å². The van der Waals surface area contributed by atoms with Gasteiger partial charge in [0.05, 0.1) is 10.7 Å². The van der Waals surface area contributed by atoms with E-state index in [2.05, 4.69) is 29.5 Å². The van der Waals surface area contributed by atoms with Gasteiger partial charge >= 0.3 is 0 Å². The van der Waals surface area contributed by atoms with Crippen molar-refractivity contribution < 1.29 is 0 Å². The fourth-order valence-corrected chi connectivity index (χ4v) is 5.16. The number of amidine groups is 1. The molecule has 1 spiro atoms. The predicted octanol–water partition coefficient (Wildman–Crippen LogP) is 3.64. The van der Waals surface area contributed by atoms with Crippen LogP contribution in [0, 0.1) is 12.8 Å². The Kier molecular flexibility index (Phi) is 4.36. The van der Waals surface area contributed by atoms with Gasteiger partial charge < -0.3 is 5.32 Å². The maximum atomic E-state index is 4.74. The van der Waals surface area contributed by atoms with Gasteiger partial charge in [0.15, 0.2) is 5.17 Å². The molecule has 0 aromatic carbocycles. The van der Waals surface area contributed by atoms with Crippen LogP contribution >= 0.6 is 23.1 Å². The molecule has 1 aromatic heterocycles. The number of nitrogens with zero attached hydrogens (tertiary/aromatic N) is 2.